The molecule has 7 heteroatoms. The SMILES string of the molecule is CN(Cc1nc2ccccc2[nH]1)C(=O)c1cn[nH]c1-c1ccc(Cl)cc1. The molecule has 0 bridgehead atoms. The molecule has 1 amide bonds. The molecule has 0 fully saturated rings. The van der Waals surface area contributed by atoms with E-state index in [9.17, 15) is 4.79 Å². The molecule has 6 nitrogen and oxygen atoms in total. The maximum Gasteiger partial charge on any atom is 0.257 e. The molecule has 0 aliphatic heterocycles. The van der Waals surface area contributed by atoms with Gasteiger partial charge < -0.3 is 9.88 Å². The highest BCUT2D eigenvalue weighted by atomic mass is 35.5. The zero-order valence-corrected chi connectivity index (χ0v) is 14.8. The Morgan fingerprint density at radius 1 is 1.15 bits per heavy atom. The quantitative estimate of drug-likeness (QED) is 0.576. The van der Waals surface area contributed by atoms with Gasteiger partial charge in [0.05, 0.1) is 35.0 Å². The fraction of sp³-hybridized carbons (Fsp3) is 0.105. The summed E-state index contributed by atoms with van der Waals surface area (Å²) < 4.78 is 0. The molecule has 0 aliphatic rings. The van der Waals surface area contributed by atoms with Crippen molar-refractivity contribution in [3.8, 4) is 11.3 Å². The number of nitrogens with one attached hydrogen (secondary N) is 2. The van der Waals surface area contributed by atoms with Crippen LogP contribution in [0.4, 0.5) is 0 Å². The topological polar surface area (TPSA) is 77.7 Å². The van der Waals surface area contributed by atoms with E-state index in [0.717, 1.165) is 22.4 Å². The molecule has 0 atom stereocenters. The molecule has 0 spiro atoms. The number of aromatic amines is 2. The zero-order chi connectivity index (χ0) is 18.1. The molecule has 0 saturated heterocycles. The summed E-state index contributed by atoms with van der Waals surface area (Å²) >= 11 is 5.94. The van der Waals surface area contributed by atoms with E-state index < -0.39 is 0 Å². The molecule has 26 heavy (non-hydrogen) atoms. The zero-order valence-electron chi connectivity index (χ0n) is 14.0. The number of para-hydroxylation sites is 2. The molecule has 0 saturated carbocycles. The second-order valence-electron chi connectivity index (χ2n) is 6.03. The fourth-order valence-corrected chi connectivity index (χ4v) is 2.99. The number of halogens is 1. The second kappa shape index (κ2) is 6.65. The molecule has 130 valence electrons. The first-order valence-electron chi connectivity index (χ1n) is 8.10. The number of benzene rings is 2. The third-order valence-electron chi connectivity index (χ3n) is 4.17. The standard InChI is InChI=1S/C19H16ClN5O/c1-25(11-17-22-15-4-2-3-5-16(15)23-17)19(26)14-10-21-24-18(14)12-6-8-13(20)9-7-12/h2-10H,11H2,1H3,(H,21,24)(H,22,23). The number of amides is 1. The van der Waals surface area contributed by atoms with Crippen LogP contribution in [0.25, 0.3) is 22.3 Å². The Kier molecular flexibility index (Phi) is 4.18. The second-order valence-corrected chi connectivity index (χ2v) is 6.46. The number of aromatic nitrogens is 4. The lowest BCUT2D eigenvalue weighted by atomic mass is 10.1. The van der Waals surface area contributed by atoms with E-state index in [2.05, 4.69) is 20.2 Å². The summed E-state index contributed by atoms with van der Waals surface area (Å²) in [5.41, 5.74) is 3.86. The monoisotopic (exact) mass is 365 g/mol. The van der Waals surface area contributed by atoms with Crippen LogP contribution in [0.2, 0.25) is 5.02 Å². The van der Waals surface area contributed by atoms with Gasteiger partial charge in [-0.15, -0.1) is 0 Å². The average Bonchev–Trinajstić information content (AvgIpc) is 3.28. The first kappa shape index (κ1) is 16.4. The number of carbonyl (C=O) groups is 1. The minimum absolute atomic E-state index is 0.135. The van der Waals surface area contributed by atoms with Crippen molar-refractivity contribution in [3.05, 3.63) is 71.1 Å². The maximum absolute atomic E-state index is 12.9. The molecule has 0 radical (unpaired) electrons. The Balaban J connectivity index is 1.57. The summed E-state index contributed by atoms with van der Waals surface area (Å²) in [5, 5.41) is 7.58. The number of nitrogens with zero attached hydrogens (tertiary/aromatic N) is 3. The van der Waals surface area contributed by atoms with Crippen molar-refractivity contribution in [3.63, 3.8) is 0 Å². The summed E-state index contributed by atoms with van der Waals surface area (Å²) in [4.78, 5) is 22.3. The van der Waals surface area contributed by atoms with Crippen LogP contribution in [-0.4, -0.2) is 38.0 Å². The van der Waals surface area contributed by atoms with Gasteiger partial charge in [0.2, 0.25) is 0 Å². The number of rotatable bonds is 4. The van der Waals surface area contributed by atoms with Crippen molar-refractivity contribution >= 4 is 28.5 Å². The van der Waals surface area contributed by atoms with Crippen molar-refractivity contribution in [1.82, 2.24) is 25.1 Å². The smallest absolute Gasteiger partial charge is 0.257 e. The number of hydrogen-bond donors (Lipinski definition) is 2. The molecule has 2 aromatic carbocycles. The molecular weight excluding hydrogens is 350 g/mol. The van der Waals surface area contributed by atoms with Crippen LogP contribution in [0.15, 0.2) is 54.7 Å². The summed E-state index contributed by atoms with van der Waals surface area (Å²) in [6.45, 7) is 0.374. The van der Waals surface area contributed by atoms with Gasteiger partial charge >= 0.3 is 0 Å². The molecule has 2 N–H and O–H groups in total. The Morgan fingerprint density at radius 3 is 2.69 bits per heavy atom. The van der Waals surface area contributed by atoms with Crippen LogP contribution in [0, 0.1) is 0 Å². The van der Waals surface area contributed by atoms with E-state index in [1.807, 2.05) is 36.4 Å². The normalized spacial score (nSPS) is 11.0. The molecule has 4 aromatic rings. The molecular formula is C19H16ClN5O. The highest BCUT2D eigenvalue weighted by Gasteiger charge is 2.20. The van der Waals surface area contributed by atoms with E-state index in [1.165, 1.54) is 0 Å². The van der Waals surface area contributed by atoms with Gasteiger partial charge in [0.1, 0.15) is 5.82 Å². The van der Waals surface area contributed by atoms with Gasteiger partial charge in [0.15, 0.2) is 0 Å². The Labute approximate surface area is 154 Å². The third kappa shape index (κ3) is 3.07. The Hall–Kier alpha value is -3.12. The van der Waals surface area contributed by atoms with Crippen LogP contribution in [0.5, 0.6) is 0 Å². The summed E-state index contributed by atoms with van der Waals surface area (Å²) in [6.07, 6.45) is 1.54. The van der Waals surface area contributed by atoms with Gasteiger partial charge in [-0.2, -0.15) is 5.10 Å². The van der Waals surface area contributed by atoms with Crippen LogP contribution < -0.4 is 0 Å². The van der Waals surface area contributed by atoms with Gasteiger partial charge in [0.25, 0.3) is 5.91 Å². The van der Waals surface area contributed by atoms with Crippen molar-refractivity contribution in [2.75, 3.05) is 7.05 Å². The highest BCUT2D eigenvalue weighted by Crippen LogP contribution is 2.24. The number of carbonyl (C=O) groups excluding carboxylic acids is 1. The van der Waals surface area contributed by atoms with Gasteiger partial charge in [-0.05, 0) is 24.3 Å². The van der Waals surface area contributed by atoms with Crippen LogP contribution in [0.1, 0.15) is 16.2 Å². The predicted octanol–water partition coefficient (Wildman–Crippen LogP) is 3.88. The maximum atomic E-state index is 12.9. The minimum Gasteiger partial charge on any atom is -0.340 e. The van der Waals surface area contributed by atoms with E-state index in [1.54, 1.807) is 30.3 Å². The van der Waals surface area contributed by atoms with Crippen molar-refractivity contribution in [2.45, 2.75) is 6.54 Å². The van der Waals surface area contributed by atoms with E-state index in [0.29, 0.717) is 22.8 Å². The molecule has 0 unspecified atom stereocenters. The lowest BCUT2D eigenvalue weighted by Gasteiger charge is -2.15. The highest BCUT2D eigenvalue weighted by molar-refractivity contribution is 6.30. The van der Waals surface area contributed by atoms with Gasteiger partial charge in [-0.1, -0.05) is 35.9 Å². The van der Waals surface area contributed by atoms with Gasteiger partial charge in [-0.3, -0.25) is 9.89 Å². The van der Waals surface area contributed by atoms with Crippen LogP contribution in [0.3, 0.4) is 0 Å². The molecule has 4 rings (SSSR count). The largest absolute Gasteiger partial charge is 0.340 e. The number of fused-ring (bicyclic) bond motifs is 1. The van der Waals surface area contributed by atoms with Gasteiger partial charge in [-0.25, -0.2) is 4.98 Å². The Bertz CT molecular complexity index is 1030. The molecule has 2 aromatic heterocycles. The lowest BCUT2D eigenvalue weighted by molar-refractivity contribution is 0.0783. The summed E-state index contributed by atoms with van der Waals surface area (Å²) in [5.74, 6) is 0.600. The van der Waals surface area contributed by atoms with Crippen LogP contribution in [-0.2, 0) is 6.54 Å². The van der Waals surface area contributed by atoms with Crippen molar-refractivity contribution in [1.29, 1.82) is 0 Å². The fourth-order valence-electron chi connectivity index (χ4n) is 2.87. The minimum atomic E-state index is -0.135. The van der Waals surface area contributed by atoms with Crippen molar-refractivity contribution < 1.29 is 4.79 Å². The first-order valence-corrected chi connectivity index (χ1v) is 8.48. The third-order valence-corrected chi connectivity index (χ3v) is 4.43. The molecule has 2 heterocycles. The van der Waals surface area contributed by atoms with E-state index in [4.69, 9.17) is 11.6 Å². The number of H-pyrrole nitrogens is 2. The number of imidazole rings is 1. The summed E-state index contributed by atoms with van der Waals surface area (Å²) in [7, 11) is 1.74. The van der Waals surface area contributed by atoms with Gasteiger partial charge in [0, 0.05) is 17.6 Å². The first-order chi connectivity index (χ1) is 12.6. The van der Waals surface area contributed by atoms with E-state index >= 15 is 0 Å². The molecule has 0 aliphatic carbocycles. The summed E-state index contributed by atoms with van der Waals surface area (Å²) in [6, 6.07) is 15.1. The van der Waals surface area contributed by atoms with Crippen molar-refractivity contribution in [2.24, 2.45) is 0 Å². The van der Waals surface area contributed by atoms with E-state index in [-0.39, 0.29) is 5.91 Å². The van der Waals surface area contributed by atoms with Crippen LogP contribution >= 0.6 is 11.6 Å². The average molecular weight is 366 g/mol. The lowest BCUT2D eigenvalue weighted by Crippen LogP contribution is -2.26. The Morgan fingerprint density at radius 2 is 1.92 bits per heavy atom. The predicted molar refractivity (Wildman–Crippen MR) is 101 cm³/mol. The number of hydrogen-bond acceptors (Lipinski definition) is 3.